The van der Waals surface area contributed by atoms with Crippen molar-refractivity contribution in [2.24, 2.45) is 14.1 Å². The molecule has 8 heteroatoms. The molecule has 1 N–H and O–H groups in total. The van der Waals surface area contributed by atoms with Crippen molar-refractivity contribution in [1.82, 2.24) is 18.7 Å². The zero-order valence-corrected chi connectivity index (χ0v) is 14.7. The van der Waals surface area contributed by atoms with E-state index in [-0.39, 0.29) is 11.2 Å². The summed E-state index contributed by atoms with van der Waals surface area (Å²) >= 11 is 0. The van der Waals surface area contributed by atoms with E-state index in [0.717, 1.165) is 21.6 Å². The molecular formula is C17H21N5O3. The number of anilines is 1. The maximum Gasteiger partial charge on any atom is 0.332 e. The van der Waals surface area contributed by atoms with Gasteiger partial charge >= 0.3 is 5.69 Å². The highest BCUT2D eigenvalue weighted by molar-refractivity contribution is 5.70. The van der Waals surface area contributed by atoms with Crippen LogP contribution < -0.4 is 21.3 Å². The second-order valence-corrected chi connectivity index (χ2v) is 5.88. The van der Waals surface area contributed by atoms with Crippen molar-refractivity contribution in [3.05, 3.63) is 50.9 Å². The number of hydrogen-bond acceptors (Lipinski definition) is 5. The normalized spacial score (nSPS) is 11.0. The van der Waals surface area contributed by atoms with Gasteiger partial charge in [-0.15, -0.1) is 0 Å². The SMILES string of the molecule is COc1cccc(NCCn2cnc3c2c(=O)n(C)c(=O)n3C)c1C. The van der Waals surface area contributed by atoms with Gasteiger partial charge in [0.15, 0.2) is 11.2 Å². The summed E-state index contributed by atoms with van der Waals surface area (Å²) in [4.78, 5) is 28.6. The zero-order chi connectivity index (χ0) is 18.1. The maximum absolute atomic E-state index is 12.4. The van der Waals surface area contributed by atoms with E-state index in [2.05, 4.69) is 10.3 Å². The molecule has 0 radical (unpaired) electrons. The third-order valence-electron chi connectivity index (χ3n) is 4.39. The van der Waals surface area contributed by atoms with Gasteiger partial charge in [-0.2, -0.15) is 0 Å². The quantitative estimate of drug-likeness (QED) is 0.743. The lowest BCUT2D eigenvalue weighted by molar-refractivity contribution is 0.412. The highest BCUT2D eigenvalue weighted by Crippen LogP contribution is 2.24. The largest absolute Gasteiger partial charge is 0.496 e. The second-order valence-electron chi connectivity index (χ2n) is 5.88. The molecular weight excluding hydrogens is 322 g/mol. The van der Waals surface area contributed by atoms with Crippen LogP contribution in [0, 0.1) is 6.92 Å². The van der Waals surface area contributed by atoms with Crippen molar-refractivity contribution in [2.75, 3.05) is 19.0 Å². The molecule has 0 spiro atoms. The van der Waals surface area contributed by atoms with Crippen molar-refractivity contribution in [3.63, 3.8) is 0 Å². The minimum absolute atomic E-state index is 0.340. The van der Waals surface area contributed by atoms with Gasteiger partial charge in [0.25, 0.3) is 5.56 Å². The molecule has 132 valence electrons. The van der Waals surface area contributed by atoms with Gasteiger partial charge < -0.3 is 14.6 Å². The molecule has 0 aliphatic heterocycles. The summed E-state index contributed by atoms with van der Waals surface area (Å²) in [6.45, 7) is 3.13. The Hall–Kier alpha value is -3.03. The van der Waals surface area contributed by atoms with Crippen LogP contribution in [-0.2, 0) is 20.6 Å². The van der Waals surface area contributed by atoms with Crippen molar-refractivity contribution in [1.29, 1.82) is 0 Å². The molecule has 0 saturated heterocycles. The summed E-state index contributed by atoms with van der Waals surface area (Å²) in [7, 11) is 4.72. The van der Waals surface area contributed by atoms with Crippen molar-refractivity contribution < 1.29 is 4.74 Å². The number of aryl methyl sites for hydroxylation is 1. The fraction of sp³-hybridized carbons (Fsp3) is 0.353. The van der Waals surface area contributed by atoms with Crippen LogP contribution >= 0.6 is 0 Å². The predicted molar refractivity (Wildman–Crippen MR) is 96.4 cm³/mol. The maximum atomic E-state index is 12.4. The summed E-state index contributed by atoms with van der Waals surface area (Å²) < 4.78 is 9.56. The van der Waals surface area contributed by atoms with Crippen LogP contribution in [0.4, 0.5) is 5.69 Å². The second kappa shape index (κ2) is 6.46. The number of rotatable bonds is 5. The van der Waals surface area contributed by atoms with Crippen LogP contribution in [0.2, 0.25) is 0 Å². The number of benzene rings is 1. The highest BCUT2D eigenvalue weighted by atomic mass is 16.5. The van der Waals surface area contributed by atoms with E-state index in [9.17, 15) is 9.59 Å². The molecule has 0 fully saturated rings. The van der Waals surface area contributed by atoms with E-state index in [1.807, 2.05) is 25.1 Å². The van der Waals surface area contributed by atoms with Crippen LogP contribution in [0.15, 0.2) is 34.1 Å². The first-order valence-corrected chi connectivity index (χ1v) is 7.94. The number of nitrogens with one attached hydrogen (secondary N) is 1. The molecule has 0 saturated carbocycles. The number of aromatic nitrogens is 4. The summed E-state index contributed by atoms with van der Waals surface area (Å²) in [6, 6.07) is 5.81. The van der Waals surface area contributed by atoms with E-state index < -0.39 is 0 Å². The van der Waals surface area contributed by atoms with E-state index in [1.165, 1.54) is 11.6 Å². The predicted octanol–water partition coefficient (Wildman–Crippen LogP) is 0.863. The smallest absolute Gasteiger partial charge is 0.332 e. The standard InChI is InChI=1S/C17H21N5O3/c1-11-12(6-5-7-13(11)25-4)18-8-9-22-10-19-15-14(22)16(23)21(3)17(24)20(15)2/h5-7,10,18H,8-9H2,1-4H3. The molecule has 8 nitrogen and oxygen atoms in total. The average Bonchev–Trinajstić information content (AvgIpc) is 3.03. The molecule has 2 aromatic heterocycles. The first-order chi connectivity index (χ1) is 12.0. The molecule has 1 aromatic carbocycles. The molecule has 0 atom stereocenters. The van der Waals surface area contributed by atoms with E-state index in [0.29, 0.717) is 24.3 Å². The lowest BCUT2D eigenvalue weighted by atomic mass is 10.2. The van der Waals surface area contributed by atoms with E-state index in [1.54, 1.807) is 25.1 Å². The number of ether oxygens (including phenoxy) is 1. The van der Waals surface area contributed by atoms with Crippen LogP contribution in [0.25, 0.3) is 11.2 Å². The molecule has 0 unspecified atom stereocenters. The van der Waals surface area contributed by atoms with Gasteiger partial charge in [-0.3, -0.25) is 13.9 Å². The molecule has 0 bridgehead atoms. The van der Waals surface area contributed by atoms with Gasteiger partial charge in [0.1, 0.15) is 5.75 Å². The Balaban J connectivity index is 1.86. The number of hydrogen-bond donors (Lipinski definition) is 1. The summed E-state index contributed by atoms with van der Waals surface area (Å²) in [5, 5.41) is 3.34. The Labute approximate surface area is 144 Å². The number of imidazole rings is 1. The van der Waals surface area contributed by atoms with Crippen LogP contribution in [-0.4, -0.2) is 32.3 Å². The number of fused-ring (bicyclic) bond motifs is 1. The zero-order valence-electron chi connectivity index (χ0n) is 14.7. The minimum Gasteiger partial charge on any atom is -0.496 e. The topological polar surface area (TPSA) is 83.1 Å². The fourth-order valence-corrected chi connectivity index (χ4v) is 2.90. The Bertz CT molecular complexity index is 1040. The third-order valence-corrected chi connectivity index (χ3v) is 4.39. The molecule has 0 aliphatic rings. The molecule has 3 rings (SSSR count). The summed E-state index contributed by atoms with van der Waals surface area (Å²) in [6.07, 6.45) is 1.59. The van der Waals surface area contributed by atoms with Crippen LogP contribution in [0.3, 0.4) is 0 Å². The fourth-order valence-electron chi connectivity index (χ4n) is 2.90. The van der Waals surface area contributed by atoms with Gasteiger partial charge in [0.2, 0.25) is 0 Å². The third kappa shape index (κ3) is 2.79. The Morgan fingerprint density at radius 1 is 1.20 bits per heavy atom. The Morgan fingerprint density at radius 2 is 1.96 bits per heavy atom. The average molecular weight is 343 g/mol. The first kappa shape index (κ1) is 16.8. The van der Waals surface area contributed by atoms with E-state index >= 15 is 0 Å². The lowest BCUT2D eigenvalue weighted by Gasteiger charge is -2.13. The Kier molecular flexibility index (Phi) is 4.35. The summed E-state index contributed by atoms with van der Waals surface area (Å²) in [5.74, 6) is 0.821. The van der Waals surface area contributed by atoms with Crippen LogP contribution in [0.5, 0.6) is 5.75 Å². The number of methoxy groups -OCH3 is 1. The monoisotopic (exact) mass is 343 g/mol. The van der Waals surface area contributed by atoms with Crippen molar-refractivity contribution >= 4 is 16.9 Å². The van der Waals surface area contributed by atoms with Crippen molar-refractivity contribution in [3.8, 4) is 5.75 Å². The molecule has 25 heavy (non-hydrogen) atoms. The molecule has 0 aliphatic carbocycles. The summed E-state index contributed by atoms with van der Waals surface area (Å²) in [5.41, 5.74) is 2.10. The molecule has 3 aromatic rings. The highest BCUT2D eigenvalue weighted by Gasteiger charge is 2.14. The van der Waals surface area contributed by atoms with Gasteiger partial charge in [-0.05, 0) is 19.1 Å². The lowest BCUT2D eigenvalue weighted by Crippen LogP contribution is -2.37. The first-order valence-electron chi connectivity index (χ1n) is 7.94. The van der Waals surface area contributed by atoms with E-state index in [4.69, 9.17) is 4.74 Å². The molecule has 0 amide bonds. The number of nitrogens with zero attached hydrogens (tertiary/aromatic N) is 4. The Morgan fingerprint density at radius 3 is 2.68 bits per heavy atom. The van der Waals surface area contributed by atoms with Crippen LogP contribution in [0.1, 0.15) is 5.56 Å². The van der Waals surface area contributed by atoms with Gasteiger partial charge in [0.05, 0.1) is 13.4 Å². The molecule has 2 heterocycles. The van der Waals surface area contributed by atoms with Crippen molar-refractivity contribution in [2.45, 2.75) is 13.5 Å². The van der Waals surface area contributed by atoms with Gasteiger partial charge in [0, 0.05) is 38.4 Å². The van der Waals surface area contributed by atoms with Gasteiger partial charge in [-0.1, -0.05) is 6.07 Å². The van der Waals surface area contributed by atoms with Gasteiger partial charge in [-0.25, -0.2) is 9.78 Å². The minimum atomic E-state index is -0.382.